The highest BCUT2D eigenvalue weighted by atomic mass is 19.3. The summed E-state index contributed by atoms with van der Waals surface area (Å²) in [6.45, 7) is 2.25. The number of halogens is 2. The number of hydrogen-bond acceptors (Lipinski definition) is 3. The van der Waals surface area contributed by atoms with Crippen molar-refractivity contribution in [2.45, 2.75) is 31.7 Å². The fourth-order valence-corrected chi connectivity index (χ4v) is 1.75. The Morgan fingerprint density at radius 3 is 3.07 bits per heavy atom. The van der Waals surface area contributed by atoms with E-state index in [-0.39, 0.29) is 19.0 Å². The lowest BCUT2D eigenvalue weighted by Gasteiger charge is -2.29. The van der Waals surface area contributed by atoms with Crippen molar-refractivity contribution >= 4 is 0 Å². The number of piperidine rings is 1. The van der Waals surface area contributed by atoms with E-state index in [4.69, 9.17) is 0 Å². The van der Waals surface area contributed by atoms with Gasteiger partial charge < -0.3 is 5.32 Å². The van der Waals surface area contributed by atoms with E-state index in [1.807, 2.05) is 6.92 Å². The number of rotatable bonds is 2. The predicted octanol–water partition coefficient (Wildman–Crippen LogP) is 1.01. The van der Waals surface area contributed by atoms with Crippen LogP contribution in [-0.4, -0.2) is 34.0 Å². The molecule has 0 spiro atoms. The first-order chi connectivity index (χ1) is 7.11. The molecule has 15 heavy (non-hydrogen) atoms. The summed E-state index contributed by atoms with van der Waals surface area (Å²) in [7, 11) is 0. The van der Waals surface area contributed by atoms with Crippen molar-refractivity contribution in [2.75, 3.05) is 13.1 Å². The molecule has 2 heterocycles. The highest BCUT2D eigenvalue weighted by molar-refractivity contribution is 4.94. The normalized spacial score (nSPS) is 25.4. The number of hydrogen-bond donors (Lipinski definition) is 1. The Balaban J connectivity index is 2.10. The van der Waals surface area contributed by atoms with Crippen molar-refractivity contribution in [1.29, 1.82) is 0 Å². The monoisotopic (exact) mass is 216 g/mol. The van der Waals surface area contributed by atoms with Crippen LogP contribution in [0.3, 0.4) is 0 Å². The second-order valence-corrected chi connectivity index (χ2v) is 3.89. The van der Waals surface area contributed by atoms with E-state index in [1.165, 1.54) is 0 Å². The van der Waals surface area contributed by atoms with E-state index in [1.54, 1.807) is 10.9 Å². The van der Waals surface area contributed by atoms with Gasteiger partial charge in [-0.2, -0.15) is 0 Å². The molecule has 1 aromatic heterocycles. The van der Waals surface area contributed by atoms with Crippen LogP contribution in [-0.2, 0) is 6.42 Å². The zero-order valence-electron chi connectivity index (χ0n) is 8.58. The molecule has 1 aliphatic rings. The summed E-state index contributed by atoms with van der Waals surface area (Å²) in [5.41, 5.74) is 0.837. The molecule has 0 aliphatic carbocycles. The van der Waals surface area contributed by atoms with Gasteiger partial charge in [0.1, 0.15) is 0 Å². The van der Waals surface area contributed by atoms with Gasteiger partial charge in [-0.15, -0.1) is 5.10 Å². The van der Waals surface area contributed by atoms with Gasteiger partial charge in [-0.1, -0.05) is 12.1 Å². The maximum atomic E-state index is 13.1. The van der Waals surface area contributed by atoms with Crippen molar-refractivity contribution in [3.8, 4) is 0 Å². The minimum atomic E-state index is -2.64. The zero-order chi connectivity index (χ0) is 10.9. The zero-order valence-corrected chi connectivity index (χ0v) is 8.58. The second-order valence-electron chi connectivity index (χ2n) is 3.89. The van der Waals surface area contributed by atoms with Gasteiger partial charge in [-0.05, 0) is 6.42 Å². The van der Waals surface area contributed by atoms with Crippen LogP contribution in [0.5, 0.6) is 0 Å². The van der Waals surface area contributed by atoms with Crippen LogP contribution in [0.25, 0.3) is 0 Å². The van der Waals surface area contributed by atoms with Crippen molar-refractivity contribution in [3.05, 3.63) is 11.9 Å². The average Bonchev–Trinajstić information content (AvgIpc) is 2.64. The number of aromatic nitrogens is 3. The molecule has 84 valence electrons. The third-order valence-electron chi connectivity index (χ3n) is 2.59. The Bertz CT molecular complexity index is 337. The van der Waals surface area contributed by atoms with E-state index in [2.05, 4.69) is 15.6 Å². The molecular formula is C9H14F2N4. The summed E-state index contributed by atoms with van der Waals surface area (Å²) in [4.78, 5) is 0. The first-order valence-corrected chi connectivity index (χ1v) is 5.10. The van der Waals surface area contributed by atoms with Crippen LogP contribution in [0.1, 0.15) is 25.1 Å². The van der Waals surface area contributed by atoms with E-state index >= 15 is 0 Å². The van der Waals surface area contributed by atoms with Gasteiger partial charge in [0, 0.05) is 19.2 Å². The average molecular weight is 216 g/mol. The van der Waals surface area contributed by atoms with Crippen LogP contribution in [0.15, 0.2) is 6.20 Å². The van der Waals surface area contributed by atoms with Gasteiger partial charge in [-0.3, -0.25) is 0 Å². The largest absolute Gasteiger partial charge is 0.309 e. The highest BCUT2D eigenvalue weighted by Crippen LogP contribution is 2.28. The number of aryl methyl sites for hydroxylation is 1. The molecular weight excluding hydrogens is 202 g/mol. The molecule has 4 nitrogen and oxygen atoms in total. The number of alkyl halides is 2. The Labute approximate surface area is 86.7 Å². The molecule has 1 aliphatic heterocycles. The molecule has 0 aromatic carbocycles. The van der Waals surface area contributed by atoms with Crippen molar-refractivity contribution in [2.24, 2.45) is 0 Å². The first-order valence-electron chi connectivity index (χ1n) is 5.10. The number of nitrogens with one attached hydrogen (secondary N) is 1. The fourth-order valence-electron chi connectivity index (χ4n) is 1.75. The number of nitrogens with zero attached hydrogens (tertiary/aromatic N) is 3. The molecule has 0 bridgehead atoms. The third-order valence-corrected chi connectivity index (χ3v) is 2.59. The second kappa shape index (κ2) is 3.84. The third kappa shape index (κ3) is 2.31. The minimum absolute atomic E-state index is 0.160. The molecule has 0 saturated carbocycles. The summed E-state index contributed by atoms with van der Waals surface area (Å²) < 4.78 is 27.8. The van der Waals surface area contributed by atoms with E-state index in [0.717, 1.165) is 12.1 Å². The molecule has 1 fully saturated rings. The Kier molecular flexibility index (Phi) is 2.68. The summed E-state index contributed by atoms with van der Waals surface area (Å²) in [5, 5.41) is 10.5. The molecule has 2 rings (SSSR count). The lowest BCUT2D eigenvalue weighted by molar-refractivity contribution is -0.0383. The molecule has 0 amide bonds. The quantitative estimate of drug-likeness (QED) is 0.802. The van der Waals surface area contributed by atoms with Gasteiger partial charge in [0.05, 0.1) is 18.3 Å². The van der Waals surface area contributed by atoms with Crippen LogP contribution in [0.4, 0.5) is 8.78 Å². The Morgan fingerprint density at radius 2 is 2.47 bits per heavy atom. The molecule has 1 saturated heterocycles. The minimum Gasteiger partial charge on any atom is -0.309 e. The molecule has 1 aromatic rings. The van der Waals surface area contributed by atoms with E-state index in [0.29, 0.717) is 6.54 Å². The summed E-state index contributed by atoms with van der Waals surface area (Å²) >= 11 is 0. The predicted molar refractivity (Wildman–Crippen MR) is 50.9 cm³/mol. The smallest absolute Gasteiger partial charge is 0.262 e. The Hall–Kier alpha value is -1.04. The van der Waals surface area contributed by atoms with Gasteiger partial charge >= 0.3 is 0 Å². The van der Waals surface area contributed by atoms with Crippen LogP contribution >= 0.6 is 0 Å². The first kappa shape index (κ1) is 10.5. The van der Waals surface area contributed by atoms with Crippen LogP contribution in [0.2, 0.25) is 0 Å². The van der Waals surface area contributed by atoms with Crippen molar-refractivity contribution < 1.29 is 8.78 Å². The van der Waals surface area contributed by atoms with Gasteiger partial charge in [0.25, 0.3) is 5.92 Å². The van der Waals surface area contributed by atoms with Gasteiger partial charge in [-0.25, -0.2) is 13.5 Å². The van der Waals surface area contributed by atoms with Crippen LogP contribution in [0, 0.1) is 0 Å². The Morgan fingerprint density at radius 1 is 1.67 bits per heavy atom. The maximum absolute atomic E-state index is 13.1. The van der Waals surface area contributed by atoms with Crippen molar-refractivity contribution in [1.82, 2.24) is 20.3 Å². The van der Waals surface area contributed by atoms with Gasteiger partial charge in [0.2, 0.25) is 0 Å². The molecule has 1 atom stereocenters. The van der Waals surface area contributed by atoms with Crippen molar-refractivity contribution in [3.63, 3.8) is 0 Å². The maximum Gasteiger partial charge on any atom is 0.262 e. The standard InChI is InChI=1S/C9H14F2N4/c1-2-7-5-15(14-13-7)8-3-9(10,11)6-12-4-8/h5,8,12H,2-4,6H2,1H3. The van der Waals surface area contributed by atoms with Gasteiger partial charge in [0.15, 0.2) is 0 Å². The molecule has 1 unspecified atom stereocenters. The van der Waals surface area contributed by atoms with Crippen LogP contribution < -0.4 is 5.32 Å². The molecule has 1 N–H and O–H groups in total. The van der Waals surface area contributed by atoms with E-state index < -0.39 is 5.92 Å². The highest BCUT2D eigenvalue weighted by Gasteiger charge is 2.37. The van der Waals surface area contributed by atoms with E-state index in [9.17, 15) is 8.78 Å². The summed E-state index contributed by atoms with van der Waals surface area (Å²) in [6.07, 6.45) is 2.36. The molecule has 0 radical (unpaired) electrons. The molecule has 6 heteroatoms. The SMILES string of the molecule is CCc1cn(C2CNCC(F)(F)C2)nn1. The summed E-state index contributed by atoms with van der Waals surface area (Å²) in [6, 6.07) is -0.290. The lowest BCUT2D eigenvalue weighted by atomic mass is 10.0. The summed E-state index contributed by atoms with van der Waals surface area (Å²) in [5.74, 6) is -2.64. The fraction of sp³-hybridized carbons (Fsp3) is 0.778. The lowest BCUT2D eigenvalue weighted by Crippen LogP contribution is -2.44. The topological polar surface area (TPSA) is 42.7 Å².